The molecular weight excluding hydrogens is 687 g/mol. The van der Waals surface area contributed by atoms with Crippen molar-refractivity contribution in [3.05, 3.63) is 210 Å². The molecule has 0 heterocycles. The summed E-state index contributed by atoms with van der Waals surface area (Å²) < 4.78 is 0. The van der Waals surface area contributed by atoms with Crippen LogP contribution < -0.4 is 4.90 Å². The molecule has 0 aliphatic heterocycles. The Bertz CT molecular complexity index is 2890. The molecule has 0 saturated heterocycles. The standard InChI is InChI=1S/C56H43N/c1-55(2)49-24-14-12-18-41(49)47-34-39(30-32-51(47)55)57(40-31-33-52-48(35-40)42-19-13-15-25-50(42)56(52,3)4)38-28-26-37(27-29-38)54-45-22-10-8-20-43(45)53(36-16-6-5-7-17-36)44-21-9-11-23-46(44)54/h5-35H,1-4H3. The lowest BCUT2D eigenvalue weighted by atomic mass is 9.82. The van der Waals surface area contributed by atoms with Crippen LogP contribution in [0.2, 0.25) is 0 Å². The first-order chi connectivity index (χ1) is 27.8. The zero-order valence-corrected chi connectivity index (χ0v) is 32.8. The van der Waals surface area contributed by atoms with E-state index in [0.29, 0.717) is 0 Å². The average molecular weight is 730 g/mol. The highest BCUT2D eigenvalue weighted by Crippen LogP contribution is 2.53. The molecule has 1 heteroatoms. The van der Waals surface area contributed by atoms with Gasteiger partial charge in [0, 0.05) is 27.9 Å². The maximum Gasteiger partial charge on any atom is 0.0468 e. The third kappa shape index (κ3) is 4.95. The van der Waals surface area contributed by atoms with Gasteiger partial charge in [0.05, 0.1) is 0 Å². The van der Waals surface area contributed by atoms with Crippen LogP contribution >= 0.6 is 0 Å². The van der Waals surface area contributed by atoms with Gasteiger partial charge in [0.25, 0.3) is 0 Å². The van der Waals surface area contributed by atoms with E-state index in [4.69, 9.17) is 0 Å². The van der Waals surface area contributed by atoms with Gasteiger partial charge in [-0.05, 0) is 125 Å². The molecule has 2 aliphatic rings. The highest BCUT2D eigenvalue weighted by atomic mass is 15.1. The fourth-order valence-corrected chi connectivity index (χ4v) is 10.3. The topological polar surface area (TPSA) is 3.24 Å². The second-order valence-corrected chi connectivity index (χ2v) is 16.9. The lowest BCUT2D eigenvalue weighted by Gasteiger charge is -2.28. The van der Waals surface area contributed by atoms with Gasteiger partial charge in [-0.15, -0.1) is 0 Å². The smallest absolute Gasteiger partial charge is 0.0468 e. The second kappa shape index (κ2) is 12.4. The minimum Gasteiger partial charge on any atom is -0.310 e. The summed E-state index contributed by atoms with van der Waals surface area (Å²) in [4.78, 5) is 2.46. The molecule has 0 bridgehead atoms. The molecule has 0 aromatic heterocycles. The zero-order chi connectivity index (χ0) is 38.5. The number of hydrogen-bond acceptors (Lipinski definition) is 1. The van der Waals surface area contributed by atoms with Gasteiger partial charge in [0.1, 0.15) is 0 Å². The van der Waals surface area contributed by atoms with E-state index in [2.05, 4.69) is 221 Å². The number of fused-ring (bicyclic) bond motifs is 8. The van der Waals surface area contributed by atoms with E-state index >= 15 is 0 Å². The number of rotatable bonds is 5. The first-order valence-electron chi connectivity index (χ1n) is 20.2. The number of anilines is 3. The summed E-state index contributed by atoms with van der Waals surface area (Å²) in [6.45, 7) is 9.42. The third-order valence-corrected chi connectivity index (χ3v) is 13.1. The SMILES string of the molecule is CC1(C)c2ccccc2-c2cc(N(c3ccc(-c4c5ccccc5c(-c5ccccc5)c5ccccc45)cc3)c3ccc4c(c3)-c3ccccc3C4(C)C)ccc21. The molecule has 0 unspecified atom stereocenters. The molecule has 1 nitrogen and oxygen atoms in total. The molecular formula is C56H43N. The molecule has 0 spiro atoms. The van der Waals surface area contributed by atoms with Gasteiger partial charge < -0.3 is 4.90 Å². The molecule has 272 valence electrons. The molecule has 11 rings (SSSR count). The molecule has 9 aromatic rings. The van der Waals surface area contributed by atoms with E-state index in [1.165, 1.54) is 88.3 Å². The Morgan fingerprint density at radius 1 is 0.298 bits per heavy atom. The van der Waals surface area contributed by atoms with Crippen molar-refractivity contribution in [1.29, 1.82) is 0 Å². The third-order valence-electron chi connectivity index (χ3n) is 13.1. The van der Waals surface area contributed by atoms with E-state index in [1.807, 2.05) is 0 Å². The number of hydrogen-bond donors (Lipinski definition) is 0. The van der Waals surface area contributed by atoms with Crippen LogP contribution in [0.3, 0.4) is 0 Å². The number of nitrogens with zero attached hydrogens (tertiary/aromatic N) is 1. The Morgan fingerprint density at radius 3 is 1.11 bits per heavy atom. The van der Waals surface area contributed by atoms with Crippen LogP contribution in [-0.4, -0.2) is 0 Å². The van der Waals surface area contributed by atoms with E-state index in [9.17, 15) is 0 Å². The first kappa shape index (κ1) is 33.6. The van der Waals surface area contributed by atoms with Gasteiger partial charge in [0.15, 0.2) is 0 Å². The highest BCUT2D eigenvalue weighted by molar-refractivity contribution is 6.21. The predicted octanol–water partition coefficient (Wildman–Crippen LogP) is 15.4. The summed E-state index contributed by atoms with van der Waals surface area (Å²) in [5, 5.41) is 5.07. The molecule has 0 N–H and O–H groups in total. The van der Waals surface area contributed by atoms with Gasteiger partial charge in [-0.2, -0.15) is 0 Å². The van der Waals surface area contributed by atoms with Crippen molar-refractivity contribution in [2.24, 2.45) is 0 Å². The van der Waals surface area contributed by atoms with Crippen molar-refractivity contribution in [2.75, 3.05) is 4.90 Å². The Kier molecular flexibility index (Phi) is 7.32. The highest BCUT2D eigenvalue weighted by Gasteiger charge is 2.37. The summed E-state index contributed by atoms with van der Waals surface area (Å²) in [7, 11) is 0. The fourth-order valence-electron chi connectivity index (χ4n) is 10.3. The average Bonchev–Trinajstić information content (AvgIpc) is 3.62. The summed E-state index contributed by atoms with van der Waals surface area (Å²) >= 11 is 0. The van der Waals surface area contributed by atoms with Crippen molar-refractivity contribution >= 4 is 38.6 Å². The summed E-state index contributed by atoms with van der Waals surface area (Å²) in [5.74, 6) is 0. The molecule has 0 radical (unpaired) electrons. The largest absolute Gasteiger partial charge is 0.310 e. The van der Waals surface area contributed by atoms with Crippen molar-refractivity contribution in [3.63, 3.8) is 0 Å². The van der Waals surface area contributed by atoms with E-state index in [1.54, 1.807) is 0 Å². The van der Waals surface area contributed by atoms with E-state index in [-0.39, 0.29) is 10.8 Å². The monoisotopic (exact) mass is 729 g/mol. The second-order valence-electron chi connectivity index (χ2n) is 16.9. The molecule has 2 aliphatic carbocycles. The van der Waals surface area contributed by atoms with Crippen LogP contribution in [0.15, 0.2) is 188 Å². The first-order valence-corrected chi connectivity index (χ1v) is 20.2. The molecule has 0 saturated carbocycles. The van der Waals surface area contributed by atoms with E-state index in [0.717, 1.165) is 17.1 Å². The Hall–Kier alpha value is -6.70. The van der Waals surface area contributed by atoms with Crippen molar-refractivity contribution in [1.82, 2.24) is 0 Å². The van der Waals surface area contributed by atoms with Crippen LogP contribution in [0, 0.1) is 0 Å². The Balaban J connectivity index is 1.11. The van der Waals surface area contributed by atoms with Gasteiger partial charge in [0.2, 0.25) is 0 Å². The van der Waals surface area contributed by atoms with Crippen LogP contribution in [-0.2, 0) is 10.8 Å². The predicted molar refractivity (Wildman–Crippen MR) is 242 cm³/mol. The minimum absolute atomic E-state index is 0.0542. The molecule has 9 aromatic carbocycles. The molecule has 0 atom stereocenters. The molecule has 0 amide bonds. The maximum absolute atomic E-state index is 2.46. The molecule has 57 heavy (non-hydrogen) atoms. The van der Waals surface area contributed by atoms with Crippen LogP contribution in [0.4, 0.5) is 17.1 Å². The van der Waals surface area contributed by atoms with E-state index < -0.39 is 0 Å². The summed E-state index contributed by atoms with van der Waals surface area (Å²) in [5.41, 5.74) is 19.2. The summed E-state index contributed by atoms with van der Waals surface area (Å²) in [6, 6.07) is 70.0. The Morgan fingerprint density at radius 2 is 0.649 bits per heavy atom. The molecule has 0 fully saturated rings. The summed E-state index contributed by atoms with van der Waals surface area (Å²) in [6.07, 6.45) is 0. The van der Waals surface area contributed by atoms with Gasteiger partial charge in [-0.3, -0.25) is 0 Å². The fraction of sp³-hybridized carbons (Fsp3) is 0.107. The quantitative estimate of drug-likeness (QED) is 0.159. The van der Waals surface area contributed by atoms with Crippen molar-refractivity contribution in [3.8, 4) is 44.5 Å². The minimum atomic E-state index is -0.0542. The maximum atomic E-state index is 2.46. The lowest BCUT2D eigenvalue weighted by molar-refractivity contribution is 0.660. The van der Waals surface area contributed by atoms with Crippen LogP contribution in [0.5, 0.6) is 0 Å². The zero-order valence-electron chi connectivity index (χ0n) is 32.8. The normalized spacial score (nSPS) is 14.2. The van der Waals surface area contributed by atoms with Gasteiger partial charge in [-0.25, -0.2) is 0 Å². The lowest BCUT2D eigenvalue weighted by Crippen LogP contribution is -2.16. The van der Waals surface area contributed by atoms with Crippen LogP contribution in [0.25, 0.3) is 66.1 Å². The van der Waals surface area contributed by atoms with Crippen molar-refractivity contribution < 1.29 is 0 Å². The number of benzene rings is 9. The van der Waals surface area contributed by atoms with Gasteiger partial charge in [-0.1, -0.05) is 179 Å². The Labute approximate surface area is 335 Å². The van der Waals surface area contributed by atoms with Crippen molar-refractivity contribution in [2.45, 2.75) is 38.5 Å². The van der Waals surface area contributed by atoms with Gasteiger partial charge >= 0.3 is 0 Å². The van der Waals surface area contributed by atoms with Crippen LogP contribution in [0.1, 0.15) is 49.9 Å².